The van der Waals surface area contributed by atoms with Crippen LogP contribution < -0.4 is 31.9 Å². The zero-order chi connectivity index (χ0) is 22.5. The van der Waals surface area contributed by atoms with E-state index in [4.69, 9.17) is 5.53 Å². The Kier molecular flexibility index (Phi) is 11.1. The molecule has 31 heavy (non-hydrogen) atoms. The molecule has 12 heteroatoms. The van der Waals surface area contributed by atoms with Gasteiger partial charge < -0.3 is 31.9 Å². The molecular weight excluding hydrogens is 420 g/mol. The summed E-state index contributed by atoms with van der Waals surface area (Å²) in [5, 5.41) is 21.3. The second-order valence-corrected chi connectivity index (χ2v) is 8.79. The summed E-state index contributed by atoms with van der Waals surface area (Å²) in [5.41, 5.74) is 7.68. The second-order valence-electron chi connectivity index (χ2n) is 7.52. The van der Waals surface area contributed by atoms with Gasteiger partial charge in [-0.3, -0.25) is 9.59 Å². The Hall–Kier alpha value is -2.34. The Balaban J connectivity index is 1.51. The molecule has 0 radical (unpaired) electrons. The van der Waals surface area contributed by atoms with Crippen molar-refractivity contribution in [2.24, 2.45) is 5.11 Å². The Morgan fingerprint density at radius 2 is 1.87 bits per heavy atom. The van der Waals surface area contributed by atoms with Crippen LogP contribution in [-0.2, 0) is 9.59 Å². The lowest BCUT2D eigenvalue weighted by atomic mass is 10.0. The Morgan fingerprint density at radius 1 is 1.13 bits per heavy atom. The van der Waals surface area contributed by atoms with Gasteiger partial charge in [0.1, 0.15) is 0 Å². The van der Waals surface area contributed by atoms with E-state index in [1.165, 1.54) is 0 Å². The summed E-state index contributed by atoms with van der Waals surface area (Å²) in [6, 6.07) is 0.296. The monoisotopic (exact) mass is 454 g/mol. The van der Waals surface area contributed by atoms with E-state index >= 15 is 0 Å². The quantitative estimate of drug-likeness (QED) is 0.105. The average Bonchev–Trinajstić information content (AvgIpc) is 3.29. The van der Waals surface area contributed by atoms with Crippen LogP contribution in [0, 0.1) is 5.53 Å². The predicted octanol–water partition coefficient (Wildman–Crippen LogP) is 0.0161. The van der Waals surface area contributed by atoms with Gasteiger partial charge in [0.2, 0.25) is 11.8 Å². The molecule has 7 N–H and O–H groups in total. The first-order valence-electron chi connectivity index (χ1n) is 10.7. The molecule has 0 aromatic carbocycles. The van der Waals surface area contributed by atoms with Crippen molar-refractivity contribution < 1.29 is 14.4 Å². The Bertz CT molecular complexity index is 660. The lowest BCUT2D eigenvalue weighted by Crippen LogP contribution is -2.37. The first kappa shape index (κ1) is 24.9. The predicted molar refractivity (Wildman–Crippen MR) is 120 cm³/mol. The van der Waals surface area contributed by atoms with Crippen LogP contribution in [-0.4, -0.2) is 74.2 Å². The average molecular weight is 455 g/mol. The zero-order valence-corrected chi connectivity index (χ0v) is 18.8. The highest BCUT2D eigenvalue weighted by atomic mass is 32.2. The van der Waals surface area contributed by atoms with Gasteiger partial charge in [0.05, 0.1) is 17.8 Å². The fraction of sp³-hybridized carbons (Fsp3) is 0.737. The van der Waals surface area contributed by atoms with Gasteiger partial charge in [-0.2, -0.15) is 16.9 Å². The molecule has 2 rings (SSSR count). The van der Waals surface area contributed by atoms with Gasteiger partial charge in [-0.25, -0.2) is 10.3 Å². The molecule has 2 saturated heterocycles. The lowest BCUT2D eigenvalue weighted by Gasteiger charge is -2.16. The van der Waals surface area contributed by atoms with Gasteiger partial charge in [0, 0.05) is 62.6 Å². The van der Waals surface area contributed by atoms with Crippen molar-refractivity contribution in [1.82, 2.24) is 31.9 Å². The molecule has 0 aromatic rings. The molecule has 0 aliphatic carbocycles. The maximum atomic E-state index is 12.0. The molecule has 3 atom stereocenters. The lowest BCUT2D eigenvalue weighted by molar-refractivity contribution is -0.121. The standard InChI is InChI=1S/C19H34N8O3S/c1-21-7-9-23-17(29)6-5-13(27-20)11-22-8-10-24-16(28)4-2-3-15-18-14(12-31-15)25-19(30)26-18/h11,14-15,18,20-22H,2-10,12H2,1H3,(H,23,29)(H,24,28)(H2,25,26,30)/b13-11-,27-20?/t14?,15-,18?/m0/s1. The van der Waals surface area contributed by atoms with Crippen molar-refractivity contribution in [1.29, 1.82) is 5.53 Å². The first-order valence-corrected chi connectivity index (χ1v) is 11.7. The number of amides is 4. The molecule has 2 aliphatic rings. The number of rotatable bonds is 15. The van der Waals surface area contributed by atoms with Gasteiger partial charge in [0.25, 0.3) is 0 Å². The third-order valence-corrected chi connectivity index (χ3v) is 6.65. The maximum Gasteiger partial charge on any atom is 0.315 e. The summed E-state index contributed by atoms with van der Waals surface area (Å²) in [6.07, 6.45) is 4.41. The highest BCUT2D eigenvalue weighted by Gasteiger charge is 2.42. The van der Waals surface area contributed by atoms with E-state index in [0.717, 1.165) is 18.6 Å². The Labute approximate surface area is 187 Å². The van der Waals surface area contributed by atoms with E-state index in [2.05, 4.69) is 37.0 Å². The van der Waals surface area contributed by atoms with Crippen LogP contribution in [0.25, 0.3) is 0 Å². The summed E-state index contributed by atoms with van der Waals surface area (Å²) < 4.78 is 0. The minimum absolute atomic E-state index is 0.00236. The van der Waals surface area contributed by atoms with Crippen LogP contribution in [0.4, 0.5) is 4.79 Å². The number of carbonyl (C=O) groups is 3. The molecule has 174 valence electrons. The molecule has 0 saturated carbocycles. The fourth-order valence-corrected chi connectivity index (χ4v) is 5.02. The van der Waals surface area contributed by atoms with E-state index in [1.807, 2.05) is 18.8 Å². The zero-order valence-electron chi connectivity index (χ0n) is 18.0. The van der Waals surface area contributed by atoms with Crippen LogP contribution in [0.5, 0.6) is 0 Å². The van der Waals surface area contributed by atoms with Crippen molar-refractivity contribution in [3.8, 4) is 0 Å². The molecule has 11 nitrogen and oxygen atoms in total. The largest absolute Gasteiger partial charge is 0.388 e. The van der Waals surface area contributed by atoms with Crippen LogP contribution in [0.3, 0.4) is 0 Å². The molecule has 2 unspecified atom stereocenters. The fourth-order valence-electron chi connectivity index (χ4n) is 3.48. The number of hydrogen-bond donors (Lipinski definition) is 7. The number of urea groups is 1. The van der Waals surface area contributed by atoms with E-state index in [9.17, 15) is 14.4 Å². The van der Waals surface area contributed by atoms with E-state index in [0.29, 0.717) is 50.0 Å². The van der Waals surface area contributed by atoms with Gasteiger partial charge in [-0.1, -0.05) is 0 Å². The molecule has 0 bridgehead atoms. The number of likely N-dealkylation sites (N-methyl/N-ethyl adjacent to an activating group) is 1. The van der Waals surface area contributed by atoms with Crippen LogP contribution in [0.1, 0.15) is 32.1 Å². The molecule has 2 heterocycles. The number of nitrogens with one attached hydrogen (secondary N) is 7. The Morgan fingerprint density at radius 3 is 2.61 bits per heavy atom. The number of thioether (sulfide) groups is 1. The molecule has 2 fully saturated rings. The van der Waals surface area contributed by atoms with E-state index in [-0.39, 0.29) is 36.3 Å². The number of carbonyl (C=O) groups excluding carboxylic acids is 3. The van der Waals surface area contributed by atoms with Crippen LogP contribution >= 0.6 is 11.8 Å². The highest BCUT2D eigenvalue weighted by molar-refractivity contribution is 8.00. The minimum atomic E-state index is -0.0891. The van der Waals surface area contributed by atoms with Crippen molar-refractivity contribution in [2.75, 3.05) is 39.0 Å². The highest BCUT2D eigenvalue weighted by Crippen LogP contribution is 2.32. The van der Waals surface area contributed by atoms with Gasteiger partial charge in [-0.05, 0) is 19.9 Å². The van der Waals surface area contributed by atoms with E-state index < -0.39 is 0 Å². The molecular formula is C19H34N8O3S. The van der Waals surface area contributed by atoms with Gasteiger partial charge >= 0.3 is 6.03 Å². The molecule has 4 amide bonds. The number of allylic oxidation sites excluding steroid dienone is 1. The third kappa shape index (κ3) is 9.13. The smallest absolute Gasteiger partial charge is 0.315 e. The van der Waals surface area contributed by atoms with Crippen molar-refractivity contribution in [2.45, 2.75) is 49.4 Å². The summed E-state index contributed by atoms with van der Waals surface area (Å²) in [5.74, 6) is 0.852. The summed E-state index contributed by atoms with van der Waals surface area (Å²) >= 11 is 1.85. The number of fused-ring (bicyclic) bond motifs is 1. The van der Waals surface area contributed by atoms with Gasteiger partial charge in [0.15, 0.2) is 0 Å². The van der Waals surface area contributed by atoms with Crippen LogP contribution in [0.2, 0.25) is 0 Å². The topological polar surface area (TPSA) is 160 Å². The minimum Gasteiger partial charge on any atom is -0.388 e. The third-order valence-electron chi connectivity index (χ3n) is 5.14. The van der Waals surface area contributed by atoms with Crippen molar-refractivity contribution in [3.05, 3.63) is 11.9 Å². The summed E-state index contributed by atoms with van der Waals surface area (Å²) in [7, 11) is 1.82. The van der Waals surface area contributed by atoms with Crippen molar-refractivity contribution >= 4 is 29.6 Å². The first-order chi connectivity index (χ1) is 15.0. The molecule has 0 spiro atoms. The number of hydrogen-bond acceptors (Lipinski definition) is 8. The summed E-state index contributed by atoms with van der Waals surface area (Å²) in [6.45, 7) is 2.26. The van der Waals surface area contributed by atoms with Crippen molar-refractivity contribution in [3.63, 3.8) is 0 Å². The summed E-state index contributed by atoms with van der Waals surface area (Å²) in [4.78, 5) is 35.1. The normalized spacial score (nSPS) is 22.3. The SMILES string of the molecule is CNCCNC(=O)CC/C(=C/NCCNC(=O)CCC[C@@H]1SCC2NC(=O)NC21)N=N. The maximum absolute atomic E-state index is 12.0. The number of nitrogens with zero attached hydrogens (tertiary/aromatic N) is 1. The van der Waals surface area contributed by atoms with Crippen LogP contribution in [0.15, 0.2) is 17.0 Å². The molecule has 0 aromatic heterocycles. The van der Waals surface area contributed by atoms with Gasteiger partial charge in [-0.15, -0.1) is 0 Å². The molecule has 2 aliphatic heterocycles. The van der Waals surface area contributed by atoms with E-state index in [1.54, 1.807) is 6.20 Å². The second kappa shape index (κ2) is 13.9.